The molecule has 0 saturated carbocycles. The number of benzene rings is 1. The summed E-state index contributed by atoms with van der Waals surface area (Å²) in [6, 6.07) is 9.68. The van der Waals surface area contributed by atoms with Crippen molar-refractivity contribution < 1.29 is 0 Å². The number of anilines is 3. The number of nitrogens with zero attached hydrogens (tertiary/aromatic N) is 1. The van der Waals surface area contributed by atoms with Crippen molar-refractivity contribution in [2.75, 3.05) is 11.1 Å². The summed E-state index contributed by atoms with van der Waals surface area (Å²) < 4.78 is 0. The van der Waals surface area contributed by atoms with Crippen LogP contribution in [0.25, 0.3) is 0 Å². The highest BCUT2D eigenvalue weighted by atomic mass is 14.9. The average Bonchev–Trinajstić information content (AvgIpc) is 2.26. The minimum Gasteiger partial charge on any atom is -0.398 e. The fourth-order valence-electron chi connectivity index (χ4n) is 1.38. The van der Waals surface area contributed by atoms with Gasteiger partial charge < -0.3 is 11.1 Å². The van der Waals surface area contributed by atoms with Crippen LogP contribution in [0.4, 0.5) is 17.1 Å². The second-order valence-electron chi connectivity index (χ2n) is 3.38. The van der Waals surface area contributed by atoms with Crippen molar-refractivity contribution in [1.29, 1.82) is 0 Å². The number of nitrogens with one attached hydrogen (secondary N) is 1. The summed E-state index contributed by atoms with van der Waals surface area (Å²) in [5.74, 6) is 0. The first-order valence-electron chi connectivity index (χ1n) is 4.79. The molecule has 2 rings (SSSR count). The van der Waals surface area contributed by atoms with E-state index in [2.05, 4.69) is 10.3 Å². The molecule has 0 radical (unpaired) electrons. The lowest BCUT2D eigenvalue weighted by Gasteiger charge is -2.10. The van der Waals surface area contributed by atoms with Gasteiger partial charge in [0.05, 0.1) is 0 Å². The zero-order valence-corrected chi connectivity index (χ0v) is 8.57. The van der Waals surface area contributed by atoms with Crippen LogP contribution >= 0.6 is 0 Å². The van der Waals surface area contributed by atoms with Crippen LogP contribution in [0.1, 0.15) is 5.56 Å². The molecule has 15 heavy (non-hydrogen) atoms. The van der Waals surface area contributed by atoms with E-state index in [9.17, 15) is 0 Å². The van der Waals surface area contributed by atoms with Gasteiger partial charge in [0.1, 0.15) is 0 Å². The molecule has 0 aliphatic heterocycles. The molecule has 0 aliphatic rings. The smallest absolute Gasteiger partial charge is 0.0434 e. The normalized spacial score (nSPS) is 9.93. The Kier molecular flexibility index (Phi) is 2.54. The Morgan fingerprint density at radius 1 is 1.13 bits per heavy atom. The molecule has 0 spiro atoms. The minimum absolute atomic E-state index is 0.800. The first-order chi connectivity index (χ1) is 7.27. The van der Waals surface area contributed by atoms with E-state index in [4.69, 9.17) is 5.73 Å². The van der Waals surface area contributed by atoms with Gasteiger partial charge in [0.15, 0.2) is 0 Å². The van der Waals surface area contributed by atoms with Gasteiger partial charge in [-0.1, -0.05) is 6.07 Å². The van der Waals surface area contributed by atoms with Gasteiger partial charge in [-0.3, -0.25) is 4.98 Å². The van der Waals surface area contributed by atoms with Crippen LogP contribution in [0.3, 0.4) is 0 Å². The first kappa shape index (κ1) is 9.52. The van der Waals surface area contributed by atoms with Crippen molar-refractivity contribution >= 4 is 17.1 Å². The van der Waals surface area contributed by atoms with Gasteiger partial charge >= 0.3 is 0 Å². The van der Waals surface area contributed by atoms with Gasteiger partial charge in [-0.15, -0.1) is 0 Å². The molecule has 1 heterocycles. The molecule has 0 fully saturated rings. The van der Waals surface area contributed by atoms with Crippen LogP contribution in [0.5, 0.6) is 0 Å². The fourth-order valence-corrected chi connectivity index (χ4v) is 1.38. The van der Waals surface area contributed by atoms with Crippen LogP contribution in [0.2, 0.25) is 0 Å². The second kappa shape index (κ2) is 4.00. The Morgan fingerprint density at radius 2 is 1.87 bits per heavy atom. The van der Waals surface area contributed by atoms with Crippen molar-refractivity contribution in [3.05, 3.63) is 48.3 Å². The van der Waals surface area contributed by atoms with E-state index in [0.29, 0.717) is 0 Å². The number of nitrogen functional groups attached to an aromatic ring is 1. The number of hydrogen-bond donors (Lipinski definition) is 2. The highest BCUT2D eigenvalue weighted by Gasteiger charge is 2.00. The highest BCUT2D eigenvalue weighted by molar-refractivity contribution is 5.68. The summed E-state index contributed by atoms with van der Waals surface area (Å²) in [5.41, 5.74) is 9.73. The molecular formula is C12H13N3. The molecule has 1 aromatic heterocycles. The van der Waals surface area contributed by atoms with E-state index in [1.54, 1.807) is 12.4 Å². The Labute approximate surface area is 89.0 Å². The minimum atomic E-state index is 0.800. The molecule has 0 unspecified atom stereocenters. The molecule has 3 nitrogen and oxygen atoms in total. The number of nitrogens with two attached hydrogens (primary N) is 1. The molecule has 0 atom stereocenters. The summed E-state index contributed by atoms with van der Waals surface area (Å²) in [5, 5.41) is 3.29. The molecule has 2 aromatic rings. The Bertz CT molecular complexity index is 452. The van der Waals surface area contributed by atoms with E-state index in [1.165, 1.54) is 0 Å². The lowest BCUT2D eigenvalue weighted by molar-refractivity contribution is 1.32. The topological polar surface area (TPSA) is 50.9 Å². The fraction of sp³-hybridized carbons (Fsp3) is 0.0833. The maximum Gasteiger partial charge on any atom is 0.0434 e. The monoisotopic (exact) mass is 199 g/mol. The Balaban J connectivity index is 2.29. The maximum atomic E-state index is 5.82. The zero-order chi connectivity index (χ0) is 10.7. The highest BCUT2D eigenvalue weighted by Crippen LogP contribution is 2.23. The van der Waals surface area contributed by atoms with Crippen molar-refractivity contribution in [2.24, 2.45) is 0 Å². The van der Waals surface area contributed by atoms with Crippen LogP contribution in [0, 0.1) is 6.92 Å². The van der Waals surface area contributed by atoms with Gasteiger partial charge in [0.2, 0.25) is 0 Å². The second-order valence-corrected chi connectivity index (χ2v) is 3.38. The van der Waals surface area contributed by atoms with E-state index in [-0.39, 0.29) is 0 Å². The first-order valence-corrected chi connectivity index (χ1v) is 4.79. The zero-order valence-electron chi connectivity index (χ0n) is 8.57. The molecular weight excluding hydrogens is 186 g/mol. The van der Waals surface area contributed by atoms with Gasteiger partial charge in [0, 0.05) is 29.5 Å². The lowest BCUT2D eigenvalue weighted by atomic mass is 10.1. The molecule has 3 N–H and O–H groups in total. The molecule has 76 valence electrons. The lowest BCUT2D eigenvalue weighted by Crippen LogP contribution is -1.96. The summed E-state index contributed by atoms with van der Waals surface area (Å²) in [6.07, 6.45) is 3.51. The average molecular weight is 199 g/mol. The van der Waals surface area contributed by atoms with E-state index >= 15 is 0 Å². The van der Waals surface area contributed by atoms with Crippen molar-refractivity contribution in [3.8, 4) is 0 Å². The van der Waals surface area contributed by atoms with E-state index in [0.717, 1.165) is 22.6 Å². The molecule has 0 saturated heterocycles. The third kappa shape index (κ3) is 2.07. The number of rotatable bonds is 2. The van der Waals surface area contributed by atoms with Crippen molar-refractivity contribution in [3.63, 3.8) is 0 Å². The van der Waals surface area contributed by atoms with Gasteiger partial charge in [-0.05, 0) is 36.8 Å². The summed E-state index contributed by atoms with van der Waals surface area (Å²) in [7, 11) is 0. The largest absolute Gasteiger partial charge is 0.398 e. The molecule has 0 amide bonds. The number of pyridine rings is 1. The standard InChI is InChI=1S/C12H13N3/c1-9-11(13)3-2-4-12(9)15-10-5-7-14-8-6-10/h2-8H,13H2,1H3,(H,14,15). The van der Waals surface area contributed by atoms with E-state index in [1.807, 2.05) is 37.3 Å². The van der Waals surface area contributed by atoms with Gasteiger partial charge in [-0.25, -0.2) is 0 Å². The van der Waals surface area contributed by atoms with Crippen molar-refractivity contribution in [2.45, 2.75) is 6.92 Å². The quantitative estimate of drug-likeness (QED) is 0.731. The maximum absolute atomic E-state index is 5.82. The molecule has 3 heteroatoms. The Hall–Kier alpha value is -2.03. The van der Waals surface area contributed by atoms with Crippen LogP contribution < -0.4 is 11.1 Å². The summed E-state index contributed by atoms with van der Waals surface area (Å²) >= 11 is 0. The van der Waals surface area contributed by atoms with Crippen molar-refractivity contribution in [1.82, 2.24) is 4.98 Å². The predicted octanol–water partition coefficient (Wildman–Crippen LogP) is 2.72. The number of hydrogen-bond acceptors (Lipinski definition) is 3. The SMILES string of the molecule is Cc1c(N)cccc1Nc1ccncc1. The van der Waals surface area contributed by atoms with Crippen LogP contribution in [-0.2, 0) is 0 Å². The molecule has 1 aromatic carbocycles. The summed E-state index contributed by atoms with van der Waals surface area (Å²) in [6.45, 7) is 2.00. The number of aromatic nitrogens is 1. The van der Waals surface area contributed by atoms with Gasteiger partial charge in [0.25, 0.3) is 0 Å². The van der Waals surface area contributed by atoms with E-state index < -0.39 is 0 Å². The van der Waals surface area contributed by atoms with Crippen LogP contribution in [-0.4, -0.2) is 4.98 Å². The molecule has 0 aliphatic carbocycles. The predicted molar refractivity (Wildman–Crippen MR) is 63.1 cm³/mol. The Morgan fingerprint density at radius 3 is 2.60 bits per heavy atom. The third-order valence-electron chi connectivity index (χ3n) is 2.34. The molecule has 0 bridgehead atoms. The third-order valence-corrected chi connectivity index (χ3v) is 2.34. The van der Waals surface area contributed by atoms with Crippen LogP contribution in [0.15, 0.2) is 42.7 Å². The van der Waals surface area contributed by atoms with Gasteiger partial charge in [-0.2, -0.15) is 0 Å². The summed E-state index contributed by atoms with van der Waals surface area (Å²) in [4.78, 5) is 3.96.